The molecule has 0 aliphatic heterocycles. The molecule has 3 N–H and O–H groups in total. The Balaban J connectivity index is 2.40. The van der Waals surface area contributed by atoms with Gasteiger partial charge in [-0.25, -0.2) is 0 Å². The van der Waals surface area contributed by atoms with E-state index in [1.54, 1.807) is 0 Å². The third kappa shape index (κ3) is 3.90. The Labute approximate surface area is 95.8 Å². The van der Waals surface area contributed by atoms with Gasteiger partial charge in [-0.05, 0) is 25.5 Å². The molecule has 16 heavy (non-hydrogen) atoms. The highest BCUT2D eigenvalue weighted by molar-refractivity contribution is 5.77. The second kappa shape index (κ2) is 6.12. The fourth-order valence-corrected chi connectivity index (χ4v) is 1.31. The minimum Gasteiger partial charge on any atom is -0.491 e. The average Bonchev–Trinajstić information content (AvgIpc) is 2.28. The van der Waals surface area contributed by atoms with Crippen LogP contribution in [0.25, 0.3) is 0 Å². The number of nitrogens with two attached hydrogens (primary N) is 1. The van der Waals surface area contributed by atoms with E-state index in [-0.39, 0.29) is 18.5 Å². The van der Waals surface area contributed by atoms with Crippen LogP contribution in [0.1, 0.15) is 12.5 Å². The molecule has 4 nitrogen and oxygen atoms in total. The average molecular weight is 222 g/mol. The highest BCUT2D eigenvalue weighted by Gasteiger charge is 2.06. The third-order valence-electron chi connectivity index (χ3n) is 2.18. The lowest BCUT2D eigenvalue weighted by Crippen LogP contribution is -2.40. The van der Waals surface area contributed by atoms with Gasteiger partial charge in [-0.3, -0.25) is 4.79 Å². The Bertz CT molecular complexity index is 353. The summed E-state index contributed by atoms with van der Waals surface area (Å²) in [6, 6.07) is 7.73. The van der Waals surface area contributed by atoms with Crippen molar-refractivity contribution in [2.45, 2.75) is 19.9 Å². The van der Waals surface area contributed by atoms with Crippen molar-refractivity contribution in [1.29, 1.82) is 0 Å². The molecular weight excluding hydrogens is 204 g/mol. The molecule has 1 aromatic carbocycles. The molecular formula is C12H18N2O2. The van der Waals surface area contributed by atoms with Crippen LogP contribution < -0.4 is 15.8 Å². The number of amides is 1. The second-order valence-electron chi connectivity index (χ2n) is 3.75. The van der Waals surface area contributed by atoms with E-state index >= 15 is 0 Å². The molecule has 0 saturated carbocycles. The molecule has 0 heterocycles. The molecule has 88 valence electrons. The van der Waals surface area contributed by atoms with Gasteiger partial charge in [-0.15, -0.1) is 0 Å². The highest BCUT2D eigenvalue weighted by atomic mass is 16.5. The Hall–Kier alpha value is -1.55. The quantitative estimate of drug-likeness (QED) is 0.776. The number of carbonyl (C=O) groups excluding carboxylic acids is 1. The van der Waals surface area contributed by atoms with Gasteiger partial charge in [0, 0.05) is 0 Å². The van der Waals surface area contributed by atoms with Crippen LogP contribution in [0, 0.1) is 6.92 Å². The van der Waals surface area contributed by atoms with Crippen LogP contribution in [-0.4, -0.2) is 25.1 Å². The van der Waals surface area contributed by atoms with E-state index in [9.17, 15) is 4.79 Å². The number of aryl methyl sites for hydroxylation is 1. The maximum atomic E-state index is 11.0. The fourth-order valence-electron chi connectivity index (χ4n) is 1.31. The SMILES string of the molecule is Cc1ccccc1OCC(C)NC(=O)CN. The third-order valence-corrected chi connectivity index (χ3v) is 2.18. The van der Waals surface area contributed by atoms with E-state index in [1.165, 1.54) is 0 Å². The molecule has 0 bridgehead atoms. The normalized spacial score (nSPS) is 11.9. The van der Waals surface area contributed by atoms with Crippen molar-refractivity contribution < 1.29 is 9.53 Å². The van der Waals surface area contributed by atoms with Gasteiger partial charge >= 0.3 is 0 Å². The van der Waals surface area contributed by atoms with Crippen LogP contribution in [0.2, 0.25) is 0 Å². The number of hydrogen-bond acceptors (Lipinski definition) is 3. The maximum Gasteiger partial charge on any atom is 0.234 e. The van der Waals surface area contributed by atoms with Gasteiger partial charge in [0.05, 0.1) is 12.6 Å². The number of nitrogens with one attached hydrogen (secondary N) is 1. The summed E-state index contributed by atoms with van der Waals surface area (Å²) in [6.07, 6.45) is 0. The van der Waals surface area contributed by atoms with Gasteiger partial charge in [0.25, 0.3) is 0 Å². The van der Waals surface area contributed by atoms with Crippen molar-refractivity contribution in [3.63, 3.8) is 0 Å². The number of benzene rings is 1. The maximum absolute atomic E-state index is 11.0. The molecule has 0 saturated heterocycles. The van der Waals surface area contributed by atoms with Crippen LogP contribution in [0.4, 0.5) is 0 Å². The monoisotopic (exact) mass is 222 g/mol. The first kappa shape index (κ1) is 12.5. The zero-order valence-electron chi connectivity index (χ0n) is 9.69. The molecule has 1 rings (SSSR count). The number of carbonyl (C=O) groups is 1. The predicted molar refractivity (Wildman–Crippen MR) is 63.3 cm³/mol. The van der Waals surface area contributed by atoms with Gasteiger partial charge in [0.2, 0.25) is 5.91 Å². The molecule has 0 radical (unpaired) electrons. The van der Waals surface area contributed by atoms with Crippen molar-refractivity contribution in [3.8, 4) is 5.75 Å². The molecule has 0 aromatic heterocycles. The van der Waals surface area contributed by atoms with E-state index in [0.717, 1.165) is 11.3 Å². The minimum atomic E-state index is -0.166. The van der Waals surface area contributed by atoms with E-state index in [1.807, 2.05) is 38.1 Å². The molecule has 1 unspecified atom stereocenters. The first-order valence-corrected chi connectivity index (χ1v) is 5.31. The first-order valence-electron chi connectivity index (χ1n) is 5.31. The van der Waals surface area contributed by atoms with Crippen molar-refractivity contribution in [2.75, 3.05) is 13.2 Å². The first-order chi connectivity index (χ1) is 7.63. The van der Waals surface area contributed by atoms with Crippen LogP contribution in [0.5, 0.6) is 5.75 Å². The van der Waals surface area contributed by atoms with E-state index < -0.39 is 0 Å². The minimum absolute atomic E-state index is 0.00864. The number of para-hydroxylation sites is 1. The zero-order chi connectivity index (χ0) is 12.0. The van der Waals surface area contributed by atoms with Gasteiger partial charge in [0.1, 0.15) is 12.4 Å². The topological polar surface area (TPSA) is 64.3 Å². The molecule has 1 atom stereocenters. The van der Waals surface area contributed by atoms with Crippen LogP contribution in [0.3, 0.4) is 0 Å². The van der Waals surface area contributed by atoms with E-state index in [0.29, 0.717) is 6.61 Å². The van der Waals surface area contributed by atoms with Crippen molar-refractivity contribution in [3.05, 3.63) is 29.8 Å². The summed E-state index contributed by atoms with van der Waals surface area (Å²) >= 11 is 0. The van der Waals surface area contributed by atoms with Crippen LogP contribution in [0.15, 0.2) is 24.3 Å². The molecule has 0 fully saturated rings. The fraction of sp³-hybridized carbons (Fsp3) is 0.417. The van der Waals surface area contributed by atoms with Crippen molar-refractivity contribution >= 4 is 5.91 Å². The smallest absolute Gasteiger partial charge is 0.234 e. The van der Waals surface area contributed by atoms with Crippen molar-refractivity contribution in [2.24, 2.45) is 5.73 Å². The highest BCUT2D eigenvalue weighted by Crippen LogP contribution is 2.16. The van der Waals surface area contributed by atoms with E-state index in [2.05, 4.69) is 5.32 Å². The summed E-state index contributed by atoms with van der Waals surface area (Å²) in [5.74, 6) is 0.678. The lowest BCUT2D eigenvalue weighted by atomic mass is 10.2. The molecule has 1 aromatic rings. The molecule has 0 aliphatic rings. The number of rotatable bonds is 5. The molecule has 0 aliphatic carbocycles. The predicted octanol–water partition coefficient (Wildman–Crippen LogP) is 0.837. The van der Waals surface area contributed by atoms with Crippen LogP contribution >= 0.6 is 0 Å². The summed E-state index contributed by atoms with van der Waals surface area (Å²) < 4.78 is 5.59. The number of hydrogen-bond donors (Lipinski definition) is 2. The Morgan fingerprint density at radius 3 is 2.81 bits per heavy atom. The Morgan fingerprint density at radius 2 is 2.19 bits per heavy atom. The summed E-state index contributed by atoms with van der Waals surface area (Å²) in [4.78, 5) is 11.0. The molecule has 0 spiro atoms. The van der Waals surface area contributed by atoms with Crippen molar-refractivity contribution in [1.82, 2.24) is 5.32 Å². The summed E-state index contributed by atoms with van der Waals surface area (Å²) in [5.41, 5.74) is 6.28. The van der Waals surface area contributed by atoms with Gasteiger partial charge in [-0.2, -0.15) is 0 Å². The summed E-state index contributed by atoms with van der Waals surface area (Å²) in [5, 5.41) is 2.73. The standard InChI is InChI=1S/C12H18N2O2/c1-9-5-3-4-6-11(9)16-8-10(2)14-12(15)7-13/h3-6,10H,7-8,13H2,1-2H3,(H,14,15). The Kier molecular flexibility index (Phi) is 4.79. The van der Waals surface area contributed by atoms with Gasteiger partial charge in [0.15, 0.2) is 0 Å². The van der Waals surface area contributed by atoms with Gasteiger partial charge < -0.3 is 15.8 Å². The van der Waals surface area contributed by atoms with Gasteiger partial charge in [-0.1, -0.05) is 18.2 Å². The van der Waals surface area contributed by atoms with Crippen LogP contribution in [-0.2, 0) is 4.79 Å². The largest absolute Gasteiger partial charge is 0.491 e. The number of ether oxygens (including phenoxy) is 1. The second-order valence-corrected chi connectivity index (χ2v) is 3.75. The lowest BCUT2D eigenvalue weighted by Gasteiger charge is -2.15. The summed E-state index contributed by atoms with van der Waals surface area (Å²) in [7, 11) is 0. The lowest BCUT2D eigenvalue weighted by molar-refractivity contribution is -0.120. The summed E-state index contributed by atoms with van der Waals surface area (Å²) in [6.45, 7) is 4.32. The zero-order valence-corrected chi connectivity index (χ0v) is 9.69. The molecule has 1 amide bonds. The van der Waals surface area contributed by atoms with E-state index in [4.69, 9.17) is 10.5 Å². The Morgan fingerprint density at radius 1 is 1.50 bits per heavy atom. The molecule has 4 heteroatoms.